The Hall–Kier alpha value is -1.59. The van der Waals surface area contributed by atoms with Crippen molar-refractivity contribution in [3.8, 4) is 5.75 Å². The maximum Gasteiger partial charge on any atom is 0.234 e. The van der Waals surface area contributed by atoms with Crippen molar-refractivity contribution in [3.05, 3.63) is 29.8 Å². The van der Waals surface area contributed by atoms with Gasteiger partial charge in [-0.2, -0.15) is 0 Å². The molecule has 2 N–H and O–H groups in total. The molecule has 0 aliphatic rings. The molecule has 100 valence electrons. The van der Waals surface area contributed by atoms with Gasteiger partial charge in [0.2, 0.25) is 5.91 Å². The first-order chi connectivity index (χ1) is 8.61. The lowest BCUT2D eigenvalue weighted by atomic mass is 10.2. The first-order valence-electron chi connectivity index (χ1n) is 5.84. The fourth-order valence-electron chi connectivity index (χ4n) is 1.62. The number of hydrogen-bond acceptors (Lipinski definition) is 4. The Morgan fingerprint density at radius 3 is 2.94 bits per heavy atom. The van der Waals surface area contributed by atoms with Crippen molar-refractivity contribution < 1.29 is 14.6 Å². The van der Waals surface area contributed by atoms with Gasteiger partial charge in [-0.25, -0.2) is 0 Å². The van der Waals surface area contributed by atoms with Gasteiger partial charge in [-0.3, -0.25) is 9.69 Å². The quantitative estimate of drug-likeness (QED) is 0.697. The van der Waals surface area contributed by atoms with Crippen molar-refractivity contribution >= 4 is 5.91 Å². The highest BCUT2D eigenvalue weighted by molar-refractivity contribution is 5.77. The molecule has 0 aliphatic heterocycles. The van der Waals surface area contributed by atoms with E-state index in [0.717, 1.165) is 5.56 Å². The van der Waals surface area contributed by atoms with E-state index in [-0.39, 0.29) is 11.7 Å². The zero-order valence-electron chi connectivity index (χ0n) is 10.8. The molecule has 0 saturated carbocycles. The molecule has 18 heavy (non-hydrogen) atoms. The summed E-state index contributed by atoms with van der Waals surface area (Å²) in [6.07, 6.45) is 0. The summed E-state index contributed by atoms with van der Waals surface area (Å²) < 4.78 is 4.85. The van der Waals surface area contributed by atoms with Gasteiger partial charge in [0.05, 0.1) is 13.2 Å². The normalized spacial score (nSPS) is 10.6. The molecular formula is C13H20N2O3. The number of hydrogen-bond donors (Lipinski definition) is 2. The van der Waals surface area contributed by atoms with Crippen LogP contribution in [0, 0.1) is 0 Å². The van der Waals surface area contributed by atoms with Crippen molar-refractivity contribution in [1.82, 2.24) is 10.2 Å². The molecule has 0 heterocycles. The smallest absolute Gasteiger partial charge is 0.234 e. The van der Waals surface area contributed by atoms with Crippen molar-refractivity contribution in [2.24, 2.45) is 0 Å². The number of amides is 1. The molecule has 1 aromatic carbocycles. The minimum atomic E-state index is -0.0327. The maximum absolute atomic E-state index is 11.5. The van der Waals surface area contributed by atoms with Crippen LogP contribution in [-0.4, -0.2) is 49.8 Å². The summed E-state index contributed by atoms with van der Waals surface area (Å²) in [7, 11) is 3.46. The molecule has 5 heteroatoms. The number of nitrogens with zero attached hydrogens (tertiary/aromatic N) is 1. The fraction of sp³-hybridized carbons (Fsp3) is 0.462. The summed E-state index contributed by atoms with van der Waals surface area (Å²) in [5, 5.41) is 12.1. The number of phenolic OH excluding ortho intramolecular Hbond substituents is 1. The van der Waals surface area contributed by atoms with Gasteiger partial charge < -0.3 is 15.2 Å². The first kappa shape index (κ1) is 14.5. The lowest BCUT2D eigenvalue weighted by Crippen LogP contribution is -2.36. The number of nitrogens with one attached hydrogen (secondary N) is 1. The van der Waals surface area contributed by atoms with Gasteiger partial charge in [-0.05, 0) is 24.7 Å². The lowest BCUT2D eigenvalue weighted by Gasteiger charge is -2.16. The molecular weight excluding hydrogens is 232 g/mol. The van der Waals surface area contributed by atoms with E-state index in [9.17, 15) is 9.90 Å². The van der Waals surface area contributed by atoms with E-state index in [1.54, 1.807) is 25.3 Å². The van der Waals surface area contributed by atoms with E-state index < -0.39 is 0 Å². The second-order valence-electron chi connectivity index (χ2n) is 4.18. The highest BCUT2D eigenvalue weighted by Crippen LogP contribution is 2.12. The minimum Gasteiger partial charge on any atom is -0.508 e. The fourth-order valence-corrected chi connectivity index (χ4v) is 1.62. The Labute approximate surface area is 107 Å². The van der Waals surface area contributed by atoms with Crippen LogP contribution >= 0.6 is 0 Å². The molecule has 5 nitrogen and oxygen atoms in total. The van der Waals surface area contributed by atoms with E-state index in [1.807, 2.05) is 18.0 Å². The van der Waals surface area contributed by atoms with Crippen LogP contribution in [0.5, 0.6) is 5.75 Å². The highest BCUT2D eigenvalue weighted by Gasteiger charge is 2.06. The van der Waals surface area contributed by atoms with Crippen LogP contribution in [0.3, 0.4) is 0 Å². The molecule has 0 aromatic heterocycles. The monoisotopic (exact) mass is 252 g/mol. The van der Waals surface area contributed by atoms with Gasteiger partial charge in [-0.15, -0.1) is 0 Å². The standard InChI is InChI=1S/C13H20N2O3/c1-15(10-13(17)14-6-7-18-2)9-11-4-3-5-12(16)8-11/h3-5,8,16H,6-7,9-10H2,1-2H3,(H,14,17). The molecule has 0 atom stereocenters. The van der Waals surface area contributed by atoms with E-state index in [4.69, 9.17) is 4.74 Å². The molecule has 0 aliphatic carbocycles. The number of rotatable bonds is 7. The van der Waals surface area contributed by atoms with Crippen LogP contribution in [0.4, 0.5) is 0 Å². The molecule has 1 amide bonds. The first-order valence-corrected chi connectivity index (χ1v) is 5.84. The van der Waals surface area contributed by atoms with Crippen molar-refractivity contribution in [3.63, 3.8) is 0 Å². The van der Waals surface area contributed by atoms with Crippen LogP contribution in [0.2, 0.25) is 0 Å². The third-order valence-corrected chi connectivity index (χ3v) is 2.40. The number of carbonyl (C=O) groups is 1. The van der Waals surface area contributed by atoms with Crippen molar-refractivity contribution in [1.29, 1.82) is 0 Å². The van der Waals surface area contributed by atoms with Crippen molar-refractivity contribution in [2.75, 3.05) is 33.9 Å². The highest BCUT2D eigenvalue weighted by atomic mass is 16.5. The second kappa shape index (κ2) is 7.68. The Morgan fingerprint density at radius 2 is 2.28 bits per heavy atom. The summed E-state index contributed by atoms with van der Waals surface area (Å²) in [4.78, 5) is 13.4. The van der Waals surface area contributed by atoms with Gasteiger partial charge in [0.15, 0.2) is 0 Å². The van der Waals surface area contributed by atoms with E-state index >= 15 is 0 Å². The Kier molecular flexibility index (Phi) is 6.18. The van der Waals surface area contributed by atoms with E-state index in [2.05, 4.69) is 5.32 Å². The molecule has 0 bridgehead atoms. The van der Waals surface area contributed by atoms with Crippen LogP contribution < -0.4 is 5.32 Å². The van der Waals surface area contributed by atoms with E-state index in [0.29, 0.717) is 26.2 Å². The van der Waals surface area contributed by atoms with Crippen LogP contribution in [0.15, 0.2) is 24.3 Å². The zero-order valence-corrected chi connectivity index (χ0v) is 10.8. The van der Waals surface area contributed by atoms with Gasteiger partial charge in [-0.1, -0.05) is 12.1 Å². The van der Waals surface area contributed by atoms with E-state index in [1.165, 1.54) is 0 Å². The Morgan fingerprint density at radius 1 is 1.50 bits per heavy atom. The lowest BCUT2D eigenvalue weighted by molar-refractivity contribution is -0.122. The number of benzene rings is 1. The Bertz CT molecular complexity index is 382. The molecule has 1 aromatic rings. The van der Waals surface area contributed by atoms with Gasteiger partial charge in [0.25, 0.3) is 0 Å². The van der Waals surface area contributed by atoms with Gasteiger partial charge >= 0.3 is 0 Å². The number of aromatic hydroxyl groups is 1. The van der Waals surface area contributed by atoms with Gasteiger partial charge in [0.1, 0.15) is 5.75 Å². The minimum absolute atomic E-state index is 0.0327. The van der Waals surface area contributed by atoms with Crippen LogP contribution in [0.25, 0.3) is 0 Å². The number of methoxy groups -OCH3 is 1. The summed E-state index contributed by atoms with van der Waals surface area (Å²) in [5.74, 6) is 0.208. The predicted octanol–water partition coefficient (Wildman–Crippen LogP) is 0.587. The van der Waals surface area contributed by atoms with Crippen LogP contribution in [-0.2, 0) is 16.1 Å². The summed E-state index contributed by atoms with van der Waals surface area (Å²) in [6, 6.07) is 7.02. The molecule has 0 radical (unpaired) electrons. The number of ether oxygens (including phenoxy) is 1. The average molecular weight is 252 g/mol. The number of likely N-dealkylation sites (N-methyl/N-ethyl adjacent to an activating group) is 1. The van der Waals surface area contributed by atoms with Crippen LogP contribution in [0.1, 0.15) is 5.56 Å². The molecule has 1 rings (SSSR count). The second-order valence-corrected chi connectivity index (χ2v) is 4.18. The predicted molar refractivity (Wildman–Crippen MR) is 69.3 cm³/mol. The molecule has 0 saturated heterocycles. The number of carbonyl (C=O) groups excluding carboxylic acids is 1. The zero-order chi connectivity index (χ0) is 13.4. The summed E-state index contributed by atoms with van der Waals surface area (Å²) in [5.41, 5.74) is 0.974. The number of phenols is 1. The molecule has 0 spiro atoms. The Balaban J connectivity index is 2.32. The largest absolute Gasteiger partial charge is 0.508 e. The third-order valence-electron chi connectivity index (χ3n) is 2.40. The SMILES string of the molecule is COCCNC(=O)CN(C)Cc1cccc(O)c1. The third kappa shape index (κ3) is 5.65. The van der Waals surface area contributed by atoms with Gasteiger partial charge in [0, 0.05) is 20.2 Å². The maximum atomic E-state index is 11.5. The van der Waals surface area contributed by atoms with Crippen molar-refractivity contribution in [2.45, 2.75) is 6.54 Å². The topological polar surface area (TPSA) is 61.8 Å². The molecule has 0 fully saturated rings. The summed E-state index contributed by atoms with van der Waals surface area (Å²) in [6.45, 7) is 1.97. The molecule has 0 unspecified atom stereocenters. The summed E-state index contributed by atoms with van der Waals surface area (Å²) >= 11 is 0. The average Bonchev–Trinajstić information content (AvgIpc) is 2.29.